The first-order valence-corrected chi connectivity index (χ1v) is 7.91. The summed E-state index contributed by atoms with van der Waals surface area (Å²) in [6, 6.07) is 5.58. The van der Waals surface area contributed by atoms with Gasteiger partial charge >= 0.3 is 0 Å². The van der Waals surface area contributed by atoms with E-state index in [4.69, 9.17) is 23.2 Å². The third-order valence-corrected chi connectivity index (χ3v) is 3.97. The smallest absolute Gasteiger partial charge is 0.227 e. The average Bonchev–Trinajstić information content (AvgIpc) is 2.90. The van der Waals surface area contributed by atoms with E-state index in [0.717, 1.165) is 5.56 Å². The van der Waals surface area contributed by atoms with Crippen LogP contribution in [0.2, 0.25) is 10.0 Å². The summed E-state index contributed by atoms with van der Waals surface area (Å²) in [4.78, 5) is 12.3. The van der Waals surface area contributed by atoms with E-state index in [1.807, 2.05) is 33.0 Å². The van der Waals surface area contributed by atoms with Crippen LogP contribution in [-0.4, -0.2) is 15.7 Å². The second kappa shape index (κ2) is 7.16. The number of amides is 1. The lowest BCUT2D eigenvalue weighted by Crippen LogP contribution is -2.22. The standard InChI is InChI=1S/C16H19Cl2N3O/c1-10(2)21-9-14(8-19-21)20-16(22)11(3)6-12-4-5-13(17)7-15(12)18/h4-5,7-11H,6H2,1-3H3,(H,20,22). The predicted octanol–water partition coefficient (Wildman–Crippen LogP) is 4.59. The van der Waals surface area contributed by atoms with Crippen LogP contribution in [0.5, 0.6) is 0 Å². The Labute approximate surface area is 140 Å². The number of benzene rings is 1. The Hall–Kier alpha value is -1.52. The highest BCUT2D eigenvalue weighted by Crippen LogP contribution is 2.24. The first-order valence-electron chi connectivity index (χ1n) is 7.15. The van der Waals surface area contributed by atoms with Crippen molar-refractivity contribution >= 4 is 34.8 Å². The summed E-state index contributed by atoms with van der Waals surface area (Å²) in [6.07, 6.45) is 4.03. The van der Waals surface area contributed by atoms with E-state index in [1.165, 1.54) is 0 Å². The molecule has 0 radical (unpaired) electrons. The minimum absolute atomic E-state index is 0.0608. The van der Waals surface area contributed by atoms with E-state index in [-0.39, 0.29) is 17.9 Å². The van der Waals surface area contributed by atoms with Crippen LogP contribution in [0.15, 0.2) is 30.6 Å². The molecule has 0 fully saturated rings. The van der Waals surface area contributed by atoms with Gasteiger partial charge in [-0.1, -0.05) is 36.2 Å². The Morgan fingerprint density at radius 3 is 2.64 bits per heavy atom. The maximum atomic E-state index is 12.3. The van der Waals surface area contributed by atoms with Gasteiger partial charge in [0.15, 0.2) is 0 Å². The van der Waals surface area contributed by atoms with Gasteiger partial charge in [0.1, 0.15) is 0 Å². The van der Waals surface area contributed by atoms with Crippen LogP contribution >= 0.6 is 23.2 Å². The van der Waals surface area contributed by atoms with Gasteiger partial charge in [-0.15, -0.1) is 0 Å². The van der Waals surface area contributed by atoms with Crippen molar-refractivity contribution < 1.29 is 4.79 Å². The van der Waals surface area contributed by atoms with E-state index >= 15 is 0 Å². The topological polar surface area (TPSA) is 46.9 Å². The summed E-state index contributed by atoms with van der Waals surface area (Å²) in [6.45, 7) is 5.93. The zero-order valence-corrected chi connectivity index (χ0v) is 14.3. The van der Waals surface area contributed by atoms with Crippen molar-refractivity contribution in [3.8, 4) is 0 Å². The molecule has 1 unspecified atom stereocenters. The summed E-state index contributed by atoms with van der Waals surface area (Å²) < 4.78 is 1.80. The molecule has 1 aromatic heterocycles. The van der Waals surface area contributed by atoms with Crippen molar-refractivity contribution in [1.82, 2.24) is 9.78 Å². The first-order chi connectivity index (χ1) is 10.4. The number of carbonyl (C=O) groups is 1. The lowest BCUT2D eigenvalue weighted by Gasteiger charge is -2.12. The molecule has 1 heterocycles. The van der Waals surface area contributed by atoms with Crippen molar-refractivity contribution in [2.45, 2.75) is 33.2 Å². The number of hydrogen-bond acceptors (Lipinski definition) is 2. The molecule has 0 saturated carbocycles. The summed E-state index contributed by atoms with van der Waals surface area (Å²) in [5.41, 5.74) is 1.61. The molecule has 1 atom stereocenters. The van der Waals surface area contributed by atoms with E-state index in [9.17, 15) is 4.79 Å². The molecule has 1 N–H and O–H groups in total. The first kappa shape index (κ1) is 16.8. The lowest BCUT2D eigenvalue weighted by molar-refractivity contribution is -0.119. The summed E-state index contributed by atoms with van der Waals surface area (Å²) in [5, 5.41) is 8.25. The molecule has 6 heteroatoms. The molecule has 1 amide bonds. The molecule has 0 saturated heterocycles. The van der Waals surface area contributed by atoms with Crippen LogP contribution in [0.3, 0.4) is 0 Å². The van der Waals surface area contributed by atoms with Crippen molar-refractivity contribution in [3.05, 3.63) is 46.2 Å². The van der Waals surface area contributed by atoms with Crippen molar-refractivity contribution in [2.75, 3.05) is 5.32 Å². The number of hydrogen-bond donors (Lipinski definition) is 1. The quantitative estimate of drug-likeness (QED) is 0.865. The predicted molar refractivity (Wildman–Crippen MR) is 90.6 cm³/mol. The molecule has 0 aliphatic rings. The fourth-order valence-corrected chi connectivity index (χ4v) is 2.55. The van der Waals surface area contributed by atoms with E-state index in [1.54, 1.807) is 23.0 Å². The molecule has 118 valence electrons. The van der Waals surface area contributed by atoms with Gasteiger partial charge in [0.25, 0.3) is 0 Å². The minimum Gasteiger partial charge on any atom is -0.323 e. The third-order valence-electron chi connectivity index (χ3n) is 3.39. The van der Waals surface area contributed by atoms with Gasteiger partial charge in [-0.25, -0.2) is 0 Å². The van der Waals surface area contributed by atoms with Crippen LogP contribution in [0, 0.1) is 5.92 Å². The van der Waals surface area contributed by atoms with Crippen LogP contribution in [0.4, 0.5) is 5.69 Å². The van der Waals surface area contributed by atoms with Crippen molar-refractivity contribution in [1.29, 1.82) is 0 Å². The fraction of sp³-hybridized carbons (Fsp3) is 0.375. The molecule has 4 nitrogen and oxygen atoms in total. The number of nitrogens with zero attached hydrogens (tertiary/aromatic N) is 2. The van der Waals surface area contributed by atoms with Gasteiger partial charge in [0.2, 0.25) is 5.91 Å². The number of nitrogens with one attached hydrogen (secondary N) is 1. The van der Waals surface area contributed by atoms with Gasteiger partial charge in [0, 0.05) is 28.2 Å². The Bertz CT molecular complexity index is 667. The van der Waals surface area contributed by atoms with Crippen molar-refractivity contribution in [2.24, 2.45) is 5.92 Å². The molecular formula is C16H19Cl2N3O. The molecule has 0 aliphatic heterocycles. The molecule has 2 rings (SSSR count). The fourth-order valence-electron chi connectivity index (χ4n) is 2.06. The summed E-state index contributed by atoms with van der Waals surface area (Å²) in [7, 11) is 0. The SMILES string of the molecule is CC(Cc1ccc(Cl)cc1Cl)C(=O)Nc1cnn(C(C)C)c1. The number of halogens is 2. The summed E-state index contributed by atoms with van der Waals surface area (Å²) in [5.74, 6) is -0.268. The van der Waals surface area contributed by atoms with Crippen LogP contribution in [0.25, 0.3) is 0 Å². The monoisotopic (exact) mass is 339 g/mol. The number of rotatable bonds is 5. The Morgan fingerprint density at radius 1 is 1.32 bits per heavy atom. The second-order valence-electron chi connectivity index (χ2n) is 5.63. The zero-order valence-electron chi connectivity index (χ0n) is 12.8. The lowest BCUT2D eigenvalue weighted by atomic mass is 10.0. The molecule has 22 heavy (non-hydrogen) atoms. The van der Waals surface area contributed by atoms with Gasteiger partial charge < -0.3 is 5.32 Å². The highest BCUT2D eigenvalue weighted by atomic mass is 35.5. The molecule has 2 aromatic rings. The Balaban J connectivity index is 1.99. The number of anilines is 1. The molecule has 0 spiro atoms. The molecule has 0 bridgehead atoms. The van der Waals surface area contributed by atoms with Gasteiger partial charge in [-0.05, 0) is 38.0 Å². The Morgan fingerprint density at radius 2 is 2.05 bits per heavy atom. The van der Waals surface area contributed by atoms with Gasteiger partial charge in [0.05, 0.1) is 11.9 Å². The highest BCUT2D eigenvalue weighted by Gasteiger charge is 2.16. The maximum absolute atomic E-state index is 12.3. The van der Waals surface area contributed by atoms with Gasteiger partial charge in [-0.3, -0.25) is 9.48 Å². The minimum atomic E-state index is -0.207. The summed E-state index contributed by atoms with van der Waals surface area (Å²) >= 11 is 12.0. The highest BCUT2D eigenvalue weighted by molar-refractivity contribution is 6.35. The molecule has 1 aromatic carbocycles. The average molecular weight is 340 g/mol. The molecule has 0 aliphatic carbocycles. The maximum Gasteiger partial charge on any atom is 0.227 e. The number of aromatic nitrogens is 2. The van der Waals surface area contributed by atoms with Gasteiger partial charge in [-0.2, -0.15) is 5.10 Å². The van der Waals surface area contributed by atoms with E-state index < -0.39 is 0 Å². The largest absolute Gasteiger partial charge is 0.323 e. The van der Waals surface area contributed by atoms with Crippen LogP contribution in [0.1, 0.15) is 32.4 Å². The van der Waals surface area contributed by atoms with Crippen LogP contribution < -0.4 is 5.32 Å². The number of carbonyl (C=O) groups excluding carboxylic acids is 1. The third kappa shape index (κ3) is 4.24. The normalized spacial score (nSPS) is 12.5. The van der Waals surface area contributed by atoms with E-state index in [0.29, 0.717) is 22.2 Å². The molecular weight excluding hydrogens is 321 g/mol. The van der Waals surface area contributed by atoms with E-state index in [2.05, 4.69) is 10.4 Å². The second-order valence-corrected chi connectivity index (χ2v) is 6.48. The zero-order chi connectivity index (χ0) is 16.3. The Kier molecular flexibility index (Phi) is 5.48. The van der Waals surface area contributed by atoms with Crippen LogP contribution in [-0.2, 0) is 11.2 Å². The van der Waals surface area contributed by atoms with Crippen molar-refractivity contribution in [3.63, 3.8) is 0 Å².